The third-order valence-electron chi connectivity index (χ3n) is 7.89. The van der Waals surface area contributed by atoms with Gasteiger partial charge in [0.2, 0.25) is 0 Å². The molecule has 5 rings (SSSR count). The van der Waals surface area contributed by atoms with E-state index in [1.807, 2.05) is 13.8 Å². The van der Waals surface area contributed by atoms with Gasteiger partial charge >= 0.3 is 18.2 Å². The molecule has 1 saturated carbocycles. The summed E-state index contributed by atoms with van der Waals surface area (Å²) in [7, 11) is 0. The standard InChI is InChI=1S/C27H30F3N3O4/c1-25(2)10-21(25)23(34)37-24(35)33-11-19(26(16-33)14-31-15-26)12-36-13-20-4-3-5-22(32-20)17-6-8-18(9-7-17)27(28,29)30/h3-9,19,21,31H,10-16H2,1-2H3. The number of hydrogen-bond donors (Lipinski definition) is 1. The first-order valence-electron chi connectivity index (χ1n) is 12.4. The van der Waals surface area contributed by atoms with Crippen LogP contribution >= 0.6 is 0 Å². The highest BCUT2D eigenvalue weighted by atomic mass is 19.4. The van der Waals surface area contributed by atoms with Crippen LogP contribution in [0.25, 0.3) is 11.3 Å². The highest BCUT2D eigenvalue weighted by molar-refractivity contribution is 5.88. The summed E-state index contributed by atoms with van der Waals surface area (Å²) in [5.74, 6) is -0.593. The van der Waals surface area contributed by atoms with Crippen molar-refractivity contribution >= 4 is 12.1 Å². The van der Waals surface area contributed by atoms with Crippen LogP contribution in [0.3, 0.4) is 0 Å². The van der Waals surface area contributed by atoms with Crippen LogP contribution in [0, 0.1) is 22.7 Å². The molecule has 1 amide bonds. The van der Waals surface area contributed by atoms with Gasteiger partial charge in [-0.05, 0) is 36.1 Å². The minimum Gasteiger partial charge on any atom is -0.376 e. The molecule has 37 heavy (non-hydrogen) atoms. The molecule has 3 heterocycles. The fraction of sp³-hybridized carbons (Fsp3) is 0.519. The van der Waals surface area contributed by atoms with Crippen LogP contribution in [0.1, 0.15) is 31.5 Å². The molecule has 2 unspecified atom stereocenters. The van der Waals surface area contributed by atoms with Gasteiger partial charge in [-0.3, -0.25) is 9.78 Å². The van der Waals surface area contributed by atoms with E-state index in [1.54, 1.807) is 23.1 Å². The van der Waals surface area contributed by atoms with E-state index in [0.29, 0.717) is 36.6 Å². The number of nitrogens with one attached hydrogen (secondary N) is 1. The fourth-order valence-corrected chi connectivity index (χ4v) is 5.20. The average Bonchev–Trinajstić information content (AvgIpc) is 3.29. The Morgan fingerprint density at radius 3 is 2.43 bits per heavy atom. The molecular formula is C27H30F3N3O4. The Hall–Kier alpha value is -2.98. The third-order valence-corrected chi connectivity index (χ3v) is 7.89. The minimum atomic E-state index is -4.38. The predicted octanol–water partition coefficient (Wildman–Crippen LogP) is 4.51. The van der Waals surface area contributed by atoms with Crippen LogP contribution in [-0.2, 0) is 27.1 Å². The number of amides is 1. The topological polar surface area (TPSA) is 80.8 Å². The normalized spacial score (nSPS) is 23.5. The highest BCUT2D eigenvalue weighted by Crippen LogP contribution is 2.52. The molecule has 1 N–H and O–H groups in total. The second-order valence-corrected chi connectivity index (χ2v) is 11.1. The SMILES string of the molecule is CC1(C)CC1C(=O)OC(=O)N1CC(COCc2cccc(-c3ccc(C(F)(F)F)cc3)n2)C2(CNC2)C1. The van der Waals surface area contributed by atoms with Crippen LogP contribution < -0.4 is 5.32 Å². The monoisotopic (exact) mass is 517 g/mol. The van der Waals surface area contributed by atoms with Gasteiger partial charge in [0.15, 0.2) is 0 Å². The number of carbonyl (C=O) groups excluding carboxylic acids is 2. The van der Waals surface area contributed by atoms with Crippen molar-refractivity contribution in [1.82, 2.24) is 15.2 Å². The van der Waals surface area contributed by atoms with Gasteiger partial charge in [-0.25, -0.2) is 4.79 Å². The molecule has 10 heteroatoms. The van der Waals surface area contributed by atoms with Gasteiger partial charge in [0.25, 0.3) is 0 Å². The summed E-state index contributed by atoms with van der Waals surface area (Å²) in [6, 6.07) is 10.2. The lowest BCUT2D eigenvalue weighted by molar-refractivity contribution is -0.140. The molecule has 2 saturated heterocycles. The van der Waals surface area contributed by atoms with Crippen molar-refractivity contribution in [2.45, 2.75) is 33.1 Å². The highest BCUT2D eigenvalue weighted by Gasteiger charge is 2.55. The summed E-state index contributed by atoms with van der Waals surface area (Å²) in [6.45, 7) is 7.07. The number of ether oxygens (including phenoxy) is 2. The number of benzene rings is 1. The van der Waals surface area contributed by atoms with Gasteiger partial charge in [-0.2, -0.15) is 13.2 Å². The van der Waals surface area contributed by atoms with Crippen molar-refractivity contribution in [2.75, 3.05) is 32.8 Å². The molecule has 2 atom stereocenters. The van der Waals surface area contributed by atoms with Gasteiger partial charge in [0.05, 0.1) is 36.1 Å². The summed E-state index contributed by atoms with van der Waals surface area (Å²) in [5, 5.41) is 3.28. The summed E-state index contributed by atoms with van der Waals surface area (Å²) < 4.78 is 49.7. The number of hydrogen-bond acceptors (Lipinski definition) is 6. The van der Waals surface area contributed by atoms with Crippen LogP contribution in [-0.4, -0.2) is 54.7 Å². The largest absolute Gasteiger partial charge is 0.417 e. The van der Waals surface area contributed by atoms with E-state index in [9.17, 15) is 22.8 Å². The lowest BCUT2D eigenvalue weighted by Gasteiger charge is -2.43. The van der Waals surface area contributed by atoms with E-state index < -0.39 is 23.8 Å². The van der Waals surface area contributed by atoms with Gasteiger partial charge in [-0.15, -0.1) is 0 Å². The fourth-order valence-electron chi connectivity index (χ4n) is 5.20. The molecule has 198 valence electrons. The molecule has 0 radical (unpaired) electrons. The number of likely N-dealkylation sites (tertiary alicyclic amines) is 1. The zero-order valence-electron chi connectivity index (χ0n) is 20.8. The van der Waals surface area contributed by atoms with Gasteiger partial charge in [-0.1, -0.05) is 32.0 Å². The Labute approximate surface area is 213 Å². The molecule has 1 aliphatic carbocycles. The minimum absolute atomic E-state index is 0.0758. The number of carbonyl (C=O) groups is 2. The number of nitrogens with zero attached hydrogens (tertiary/aromatic N) is 2. The van der Waals surface area contributed by atoms with Crippen LogP contribution in [0.2, 0.25) is 0 Å². The molecule has 7 nitrogen and oxygen atoms in total. The van der Waals surface area contributed by atoms with Crippen molar-refractivity contribution in [1.29, 1.82) is 0 Å². The van der Waals surface area contributed by atoms with Gasteiger partial charge in [0.1, 0.15) is 0 Å². The Balaban J connectivity index is 1.16. The van der Waals surface area contributed by atoms with Crippen LogP contribution in [0.15, 0.2) is 42.5 Å². The molecule has 1 spiro atoms. The van der Waals surface area contributed by atoms with Crippen molar-refractivity contribution < 1.29 is 32.2 Å². The first-order valence-corrected chi connectivity index (χ1v) is 12.4. The predicted molar refractivity (Wildman–Crippen MR) is 128 cm³/mol. The summed E-state index contributed by atoms with van der Waals surface area (Å²) in [5.41, 5.74) is 0.887. The smallest absolute Gasteiger partial charge is 0.376 e. The summed E-state index contributed by atoms with van der Waals surface area (Å²) >= 11 is 0. The lowest BCUT2D eigenvalue weighted by atomic mass is 9.73. The van der Waals surface area contributed by atoms with Gasteiger partial charge < -0.3 is 19.7 Å². The second kappa shape index (κ2) is 9.40. The maximum atomic E-state index is 12.8. The maximum Gasteiger partial charge on any atom is 0.417 e. The number of halogens is 3. The van der Waals surface area contributed by atoms with Crippen LogP contribution in [0.5, 0.6) is 0 Å². The third kappa shape index (κ3) is 5.36. The molecule has 2 aliphatic heterocycles. The van der Waals surface area contributed by atoms with Crippen LogP contribution in [0.4, 0.5) is 18.0 Å². The number of alkyl halides is 3. The zero-order chi connectivity index (χ0) is 26.4. The molecule has 1 aromatic carbocycles. The Kier molecular flexibility index (Phi) is 6.52. The zero-order valence-corrected chi connectivity index (χ0v) is 20.8. The Morgan fingerprint density at radius 2 is 1.84 bits per heavy atom. The Morgan fingerprint density at radius 1 is 1.14 bits per heavy atom. The van der Waals surface area contributed by atoms with E-state index >= 15 is 0 Å². The number of pyridine rings is 1. The summed E-state index contributed by atoms with van der Waals surface area (Å²) in [6.07, 6.45) is -4.24. The average molecular weight is 518 g/mol. The quantitative estimate of drug-likeness (QED) is 0.449. The van der Waals surface area contributed by atoms with E-state index in [-0.39, 0.29) is 29.3 Å². The molecule has 2 aromatic rings. The Bertz CT molecular complexity index is 1180. The molecular weight excluding hydrogens is 487 g/mol. The molecule has 1 aromatic heterocycles. The van der Waals surface area contributed by atoms with Gasteiger partial charge in [0, 0.05) is 43.1 Å². The molecule has 0 bridgehead atoms. The van der Waals surface area contributed by atoms with Crippen molar-refractivity contribution in [3.05, 3.63) is 53.7 Å². The lowest BCUT2D eigenvalue weighted by Crippen LogP contribution is -2.59. The van der Waals surface area contributed by atoms with E-state index in [1.165, 1.54) is 12.1 Å². The first-order chi connectivity index (χ1) is 17.5. The molecule has 3 aliphatic rings. The number of esters is 1. The van der Waals surface area contributed by atoms with E-state index in [2.05, 4.69) is 10.3 Å². The van der Waals surface area contributed by atoms with Crippen molar-refractivity contribution in [2.24, 2.45) is 22.7 Å². The summed E-state index contributed by atoms with van der Waals surface area (Å²) in [4.78, 5) is 31.1. The maximum absolute atomic E-state index is 12.8. The first kappa shape index (κ1) is 25.7. The molecule has 3 fully saturated rings. The number of rotatable bonds is 6. The van der Waals surface area contributed by atoms with E-state index in [0.717, 1.165) is 31.6 Å². The van der Waals surface area contributed by atoms with Crippen molar-refractivity contribution in [3.63, 3.8) is 0 Å². The second-order valence-electron chi connectivity index (χ2n) is 11.1. The van der Waals surface area contributed by atoms with E-state index in [4.69, 9.17) is 9.47 Å². The van der Waals surface area contributed by atoms with Crippen molar-refractivity contribution in [3.8, 4) is 11.3 Å². The number of aromatic nitrogens is 1.